The molecule has 1 aromatic rings. The van der Waals surface area contributed by atoms with Crippen LogP contribution >= 0.6 is 27.5 Å². The number of carbonyl (C=O) groups is 3. The number of amides is 2. The molecule has 212 valence electrons. The van der Waals surface area contributed by atoms with Crippen LogP contribution in [0.4, 0.5) is 5.69 Å². The average Bonchev–Trinajstić information content (AvgIpc) is 3.51. The Hall–Kier alpha value is -2.20. The van der Waals surface area contributed by atoms with Gasteiger partial charge in [-0.05, 0) is 43.0 Å². The molecule has 8 atom stereocenters. The fraction of sp³-hybridized carbons (Fsp3) is 0.552. The first-order valence-electron chi connectivity index (χ1n) is 13.4. The van der Waals surface area contributed by atoms with Crippen LogP contribution in [0.5, 0.6) is 0 Å². The highest BCUT2D eigenvalue weighted by molar-refractivity contribution is 9.09. The van der Waals surface area contributed by atoms with Gasteiger partial charge in [0.25, 0.3) is 5.91 Å². The van der Waals surface area contributed by atoms with Gasteiger partial charge in [-0.15, -0.1) is 13.2 Å². The van der Waals surface area contributed by atoms with E-state index < -0.39 is 41.6 Å². The SMILES string of the molecule is C=CCCOC(=O)[C@H]1[C@@H]2OC3(CC2Br)C(C(=O)N(CC=C)c2ccc(Cl)cc2)N([C@@H](CO)[C@@H](C)CC)C(=O)[C@H]13. The van der Waals surface area contributed by atoms with Gasteiger partial charge in [-0.3, -0.25) is 14.4 Å². The van der Waals surface area contributed by atoms with E-state index in [-0.39, 0.29) is 42.3 Å². The maximum absolute atomic E-state index is 14.6. The van der Waals surface area contributed by atoms with Crippen molar-refractivity contribution in [3.05, 3.63) is 54.6 Å². The summed E-state index contributed by atoms with van der Waals surface area (Å²) < 4.78 is 12.1. The van der Waals surface area contributed by atoms with E-state index in [0.29, 0.717) is 30.0 Å². The number of esters is 1. The predicted octanol–water partition coefficient (Wildman–Crippen LogP) is 4.13. The number of aliphatic hydroxyl groups excluding tert-OH is 1. The van der Waals surface area contributed by atoms with E-state index in [1.54, 1.807) is 41.3 Å². The van der Waals surface area contributed by atoms with E-state index in [0.717, 1.165) is 0 Å². The van der Waals surface area contributed by atoms with Gasteiger partial charge in [0.15, 0.2) is 0 Å². The largest absolute Gasteiger partial charge is 0.465 e. The first kappa shape index (κ1) is 29.8. The Morgan fingerprint density at radius 1 is 1.33 bits per heavy atom. The second-order valence-corrected chi connectivity index (χ2v) is 12.1. The zero-order valence-electron chi connectivity index (χ0n) is 22.3. The van der Waals surface area contributed by atoms with Gasteiger partial charge < -0.3 is 24.4 Å². The van der Waals surface area contributed by atoms with E-state index in [1.807, 2.05) is 13.8 Å². The lowest BCUT2D eigenvalue weighted by molar-refractivity contribution is -0.156. The van der Waals surface area contributed by atoms with Crippen molar-refractivity contribution in [2.24, 2.45) is 17.8 Å². The molecule has 3 unspecified atom stereocenters. The number of alkyl halides is 1. The van der Waals surface area contributed by atoms with Crippen LogP contribution in [0.1, 0.15) is 33.1 Å². The van der Waals surface area contributed by atoms with Gasteiger partial charge in [0, 0.05) is 22.1 Å². The van der Waals surface area contributed by atoms with Crippen LogP contribution in [0, 0.1) is 17.8 Å². The van der Waals surface area contributed by atoms with E-state index in [2.05, 4.69) is 29.1 Å². The monoisotopic (exact) mass is 622 g/mol. The van der Waals surface area contributed by atoms with Gasteiger partial charge in [-0.1, -0.05) is 60.0 Å². The zero-order chi connectivity index (χ0) is 28.5. The number of carbonyl (C=O) groups excluding carboxylic acids is 3. The maximum atomic E-state index is 14.6. The summed E-state index contributed by atoms with van der Waals surface area (Å²) in [5.74, 6) is -3.14. The van der Waals surface area contributed by atoms with Crippen LogP contribution < -0.4 is 4.90 Å². The van der Waals surface area contributed by atoms with Crippen molar-refractivity contribution in [1.29, 1.82) is 0 Å². The van der Waals surface area contributed by atoms with Crippen molar-refractivity contribution < 1.29 is 29.0 Å². The van der Waals surface area contributed by atoms with Crippen LogP contribution in [-0.2, 0) is 23.9 Å². The molecule has 2 bridgehead atoms. The number of ether oxygens (including phenoxy) is 2. The summed E-state index contributed by atoms with van der Waals surface area (Å²) in [6, 6.07) is 5.15. The number of rotatable bonds is 12. The van der Waals surface area contributed by atoms with Crippen molar-refractivity contribution in [3.8, 4) is 0 Å². The van der Waals surface area contributed by atoms with Crippen LogP contribution in [-0.4, -0.2) is 76.2 Å². The van der Waals surface area contributed by atoms with Crippen molar-refractivity contribution >= 4 is 51.0 Å². The molecule has 39 heavy (non-hydrogen) atoms. The molecule has 8 nitrogen and oxygen atoms in total. The lowest BCUT2D eigenvalue weighted by Gasteiger charge is -2.41. The van der Waals surface area contributed by atoms with Gasteiger partial charge >= 0.3 is 5.97 Å². The Kier molecular flexibility index (Phi) is 9.26. The Morgan fingerprint density at radius 3 is 2.62 bits per heavy atom. The molecular formula is C29H36BrClN2O6. The summed E-state index contributed by atoms with van der Waals surface area (Å²) >= 11 is 9.77. The molecule has 1 aromatic carbocycles. The molecule has 3 aliphatic heterocycles. The van der Waals surface area contributed by atoms with Crippen LogP contribution in [0.2, 0.25) is 5.02 Å². The van der Waals surface area contributed by atoms with E-state index in [4.69, 9.17) is 21.1 Å². The fourth-order valence-electron chi connectivity index (χ4n) is 6.35. The molecule has 1 N–H and O–H groups in total. The molecule has 0 saturated carbocycles. The van der Waals surface area contributed by atoms with E-state index >= 15 is 0 Å². The summed E-state index contributed by atoms with van der Waals surface area (Å²) in [5.41, 5.74) is -0.675. The van der Waals surface area contributed by atoms with Crippen molar-refractivity contribution in [3.63, 3.8) is 0 Å². The predicted molar refractivity (Wildman–Crippen MR) is 153 cm³/mol. The third-order valence-electron chi connectivity index (χ3n) is 8.36. The number of hydrogen-bond donors (Lipinski definition) is 1. The minimum atomic E-state index is -1.26. The topological polar surface area (TPSA) is 96.4 Å². The van der Waals surface area contributed by atoms with Gasteiger partial charge in [-0.2, -0.15) is 0 Å². The summed E-state index contributed by atoms with van der Waals surface area (Å²) in [4.78, 5) is 45.0. The molecule has 4 rings (SSSR count). The van der Waals surface area contributed by atoms with Crippen molar-refractivity contribution in [2.75, 3.05) is 24.7 Å². The van der Waals surface area contributed by atoms with Crippen LogP contribution in [0.25, 0.3) is 0 Å². The number of hydrogen-bond acceptors (Lipinski definition) is 6. The number of benzene rings is 1. The molecule has 3 fully saturated rings. The Labute approximate surface area is 243 Å². The fourth-order valence-corrected chi connectivity index (χ4v) is 7.42. The summed E-state index contributed by atoms with van der Waals surface area (Å²) in [5, 5.41) is 11.0. The van der Waals surface area contributed by atoms with E-state index in [9.17, 15) is 19.5 Å². The minimum Gasteiger partial charge on any atom is -0.465 e. The highest BCUT2D eigenvalue weighted by Gasteiger charge is 2.77. The minimum absolute atomic E-state index is 0.108. The first-order chi connectivity index (χ1) is 18.7. The van der Waals surface area contributed by atoms with Crippen molar-refractivity contribution in [1.82, 2.24) is 4.90 Å². The summed E-state index contributed by atoms with van der Waals surface area (Å²) in [6.45, 7) is 11.4. The Bertz CT molecular complexity index is 1120. The summed E-state index contributed by atoms with van der Waals surface area (Å²) in [6.07, 6.45) is 4.17. The summed E-state index contributed by atoms with van der Waals surface area (Å²) in [7, 11) is 0. The number of nitrogens with zero attached hydrogens (tertiary/aromatic N) is 2. The Morgan fingerprint density at radius 2 is 2.03 bits per heavy atom. The van der Waals surface area contributed by atoms with E-state index in [1.165, 1.54) is 4.90 Å². The normalized spacial score (nSPS) is 30.5. The van der Waals surface area contributed by atoms with Crippen LogP contribution in [0.15, 0.2) is 49.6 Å². The molecular weight excluding hydrogens is 588 g/mol. The second-order valence-electron chi connectivity index (χ2n) is 10.5. The molecule has 3 aliphatic rings. The molecule has 1 spiro atoms. The first-order valence-corrected chi connectivity index (χ1v) is 14.7. The molecule has 2 amide bonds. The lowest BCUT2D eigenvalue weighted by Crippen LogP contribution is -2.60. The van der Waals surface area contributed by atoms with Gasteiger partial charge in [0.1, 0.15) is 11.6 Å². The third-order valence-corrected chi connectivity index (χ3v) is 9.46. The average molecular weight is 624 g/mol. The molecule has 3 saturated heterocycles. The molecule has 10 heteroatoms. The molecule has 0 aliphatic carbocycles. The lowest BCUT2D eigenvalue weighted by atomic mass is 9.70. The van der Waals surface area contributed by atoms with Gasteiger partial charge in [0.2, 0.25) is 5.91 Å². The number of likely N-dealkylation sites (tertiary alicyclic amines) is 1. The molecule has 0 aromatic heterocycles. The van der Waals surface area contributed by atoms with Crippen molar-refractivity contribution in [2.45, 2.75) is 61.7 Å². The second kappa shape index (κ2) is 12.1. The quantitative estimate of drug-likeness (QED) is 0.163. The van der Waals surface area contributed by atoms with Gasteiger partial charge in [0.05, 0.1) is 37.2 Å². The van der Waals surface area contributed by atoms with Gasteiger partial charge in [-0.25, -0.2) is 0 Å². The number of halogens is 2. The number of fused-ring (bicyclic) bond motifs is 1. The smallest absolute Gasteiger partial charge is 0.312 e. The zero-order valence-corrected chi connectivity index (χ0v) is 24.6. The molecule has 0 radical (unpaired) electrons. The number of anilines is 1. The standard InChI is InChI=1S/C29H36BrClN2O6/c1-5-8-14-38-28(37)22-23-26(35)33(21(16-34)17(4)7-3)25(29(23)15-20(30)24(22)39-29)27(36)32(13-6-2)19-11-9-18(31)10-12-19/h5-6,9-12,17,20-25,34H,1-2,7-8,13-16H2,3-4H3/t17-,20?,21-,22+,23-,24+,25?,29?/m0/s1. The number of aliphatic hydroxyl groups is 1. The third kappa shape index (κ3) is 5.07. The maximum Gasteiger partial charge on any atom is 0.312 e. The Balaban J connectivity index is 1.82. The van der Waals surface area contributed by atoms with Crippen LogP contribution in [0.3, 0.4) is 0 Å². The highest BCUT2D eigenvalue weighted by Crippen LogP contribution is 2.61. The molecule has 3 heterocycles. The highest BCUT2D eigenvalue weighted by atomic mass is 79.9.